The summed E-state index contributed by atoms with van der Waals surface area (Å²) in [5.74, 6) is -1.13. The molecule has 12 heteroatoms. The lowest BCUT2D eigenvalue weighted by atomic mass is 10.0. The summed E-state index contributed by atoms with van der Waals surface area (Å²) >= 11 is 0. The lowest BCUT2D eigenvalue weighted by Gasteiger charge is -2.24. The number of anilines is 1. The number of benzene rings is 1. The quantitative estimate of drug-likeness (QED) is 0.252. The highest BCUT2D eigenvalue weighted by atomic mass is 32.2. The van der Waals surface area contributed by atoms with E-state index in [9.17, 15) is 23.1 Å². The summed E-state index contributed by atoms with van der Waals surface area (Å²) in [5.41, 5.74) is 3.01. The first-order valence-corrected chi connectivity index (χ1v) is 15.4. The van der Waals surface area contributed by atoms with Gasteiger partial charge < -0.3 is 24.3 Å². The van der Waals surface area contributed by atoms with Crippen LogP contribution in [0, 0.1) is 12.8 Å². The van der Waals surface area contributed by atoms with Gasteiger partial charge in [-0.25, -0.2) is 8.42 Å². The highest BCUT2D eigenvalue weighted by molar-refractivity contribution is 7.92. The third-order valence-electron chi connectivity index (χ3n) is 7.18. The van der Waals surface area contributed by atoms with Crippen LogP contribution in [-0.4, -0.2) is 77.2 Å². The Balaban J connectivity index is 1.65. The summed E-state index contributed by atoms with van der Waals surface area (Å²) in [4.78, 5) is 29.2. The normalized spacial score (nSPS) is 14.2. The Hall–Kier alpha value is -3.48. The van der Waals surface area contributed by atoms with Gasteiger partial charge in [0, 0.05) is 32.9 Å². The molecule has 1 saturated carbocycles. The second kappa shape index (κ2) is 13.0. The van der Waals surface area contributed by atoms with Gasteiger partial charge in [0.15, 0.2) is 0 Å². The SMILES string of the molecule is CNC(=O)c1c(-c2ccc(C)cc2)oc2nc(N(CCOCCC(CCOC)C(=O)O)S(C)(=O)=O)c(C3CC3)cc12. The first-order valence-electron chi connectivity index (χ1n) is 13.6. The molecule has 1 aromatic carbocycles. The van der Waals surface area contributed by atoms with Gasteiger partial charge in [0.05, 0.1) is 36.3 Å². The number of pyridine rings is 1. The van der Waals surface area contributed by atoms with Crippen LogP contribution in [0.15, 0.2) is 34.7 Å². The van der Waals surface area contributed by atoms with E-state index in [-0.39, 0.29) is 49.5 Å². The molecule has 1 atom stereocenters. The molecule has 2 heterocycles. The number of fused-ring (bicyclic) bond motifs is 1. The maximum atomic E-state index is 13.0. The Kier molecular flexibility index (Phi) is 9.67. The van der Waals surface area contributed by atoms with Crippen molar-refractivity contribution in [3.63, 3.8) is 0 Å². The Morgan fingerprint density at radius 2 is 1.85 bits per heavy atom. The van der Waals surface area contributed by atoms with Crippen molar-refractivity contribution < 1.29 is 37.0 Å². The molecule has 0 radical (unpaired) electrons. The Labute approximate surface area is 239 Å². The number of carboxylic acid groups (broad SMARTS) is 1. The predicted molar refractivity (Wildman–Crippen MR) is 155 cm³/mol. The number of ether oxygens (including phenoxy) is 2. The molecule has 3 aromatic rings. The van der Waals surface area contributed by atoms with E-state index in [0.717, 1.165) is 30.2 Å². The minimum Gasteiger partial charge on any atom is -0.481 e. The largest absolute Gasteiger partial charge is 0.481 e. The average Bonchev–Trinajstić information content (AvgIpc) is 3.71. The highest BCUT2D eigenvalue weighted by Crippen LogP contribution is 2.46. The molecular formula is C29H37N3O8S. The Morgan fingerprint density at radius 1 is 1.17 bits per heavy atom. The van der Waals surface area contributed by atoms with E-state index in [1.807, 2.05) is 37.3 Å². The van der Waals surface area contributed by atoms with E-state index in [0.29, 0.717) is 35.3 Å². The number of aromatic nitrogens is 1. The van der Waals surface area contributed by atoms with Crippen LogP contribution < -0.4 is 9.62 Å². The van der Waals surface area contributed by atoms with Crippen molar-refractivity contribution in [1.29, 1.82) is 0 Å². The van der Waals surface area contributed by atoms with Crippen LogP contribution in [0.5, 0.6) is 0 Å². The lowest BCUT2D eigenvalue weighted by molar-refractivity contribution is -0.143. The number of carbonyl (C=O) groups is 2. The van der Waals surface area contributed by atoms with Gasteiger partial charge in [0.1, 0.15) is 11.6 Å². The fraction of sp³-hybridized carbons (Fsp3) is 0.483. The van der Waals surface area contributed by atoms with Gasteiger partial charge in [0.2, 0.25) is 15.7 Å². The first kappa shape index (κ1) is 30.5. The van der Waals surface area contributed by atoms with Crippen molar-refractivity contribution in [2.45, 2.75) is 38.5 Å². The molecular weight excluding hydrogens is 550 g/mol. The molecule has 1 unspecified atom stereocenters. The monoisotopic (exact) mass is 587 g/mol. The summed E-state index contributed by atoms with van der Waals surface area (Å²) in [6.07, 6.45) is 3.52. The van der Waals surface area contributed by atoms with Crippen LogP contribution in [0.25, 0.3) is 22.4 Å². The van der Waals surface area contributed by atoms with Crippen LogP contribution >= 0.6 is 0 Å². The van der Waals surface area contributed by atoms with Gasteiger partial charge in [-0.1, -0.05) is 29.8 Å². The summed E-state index contributed by atoms with van der Waals surface area (Å²) in [6.45, 7) is 2.49. The number of sulfonamides is 1. The number of methoxy groups -OCH3 is 1. The zero-order valence-electron chi connectivity index (χ0n) is 23.8. The number of hydrogen-bond donors (Lipinski definition) is 2. The number of hydrogen-bond acceptors (Lipinski definition) is 8. The minimum atomic E-state index is -3.77. The van der Waals surface area contributed by atoms with Gasteiger partial charge in [-0.05, 0) is 50.2 Å². The summed E-state index contributed by atoms with van der Waals surface area (Å²) in [6, 6.07) is 9.41. The van der Waals surface area contributed by atoms with Gasteiger partial charge in [-0.15, -0.1) is 0 Å². The smallest absolute Gasteiger partial charge is 0.306 e. The lowest BCUT2D eigenvalue weighted by Crippen LogP contribution is -2.35. The summed E-state index contributed by atoms with van der Waals surface area (Å²) in [5, 5.41) is 12.6. The molecule has 0 bridgehead atoms. The van der Waals surface area contributed by atoms with E-state index >= 15 is 0 Å². The fourth-order valence-electron chi connectivity index (χ4n) is 4.74. The fourth-order valence-corrected chi connectivity index (χ4v) is 5.60. The van der Waals surface area contributed by atoms with Crippen molar-refractivity contribution in [3.05, 3.63) is 47.0 Å². The third kappa shape index (κ3) is 7.24. The maximum Gasteiger partial charge on any atom is 0.306 e. The van der Waals surface area contributed by atoms with E-state index in [1.54, 1.807) is 7.05 Å². The van der Waals surface area contributed by atoms with Crippen LogP contribution in [0.2, 0.25) is 0 Å². The molecule has 0 aliphatic heterocycles. The molecule has 11 nitrogen and oxygen atoms in total. The van der Waals surface area contributed by atoms with Gasteiger partial charge in [-0.2, -0.15) is 4.98 Å². The molecule has 1 amide bonds. The number of aryl methyl sites for hydroxylation is 1. The van der Waals surface area contributed by atoms with Crippen molar-refractivity contribution in [2.24, 2.45) is 5.92 Å². The van der Waals surface area contributed by atoms with E-state index in [4.69, 9.17) is 13.9 Å². The van der Waals surface area contributed by atoms with Crippen molar-refractivity contribution in [2.75, 3.05) is 51.1 Å². The van der Waals surface area contributed by atoms with Gasteiger partial charge in [0.25, 0.3) is 5.91 Å². The first-order chi connectivity index (χ1) is 19.5. The molecule has 0 saturated heterocycles. The third-order valence-corrected chi connectivity index (χ3v) is 8.34. The van der Waals surface area contributed by atoms with Gasteiger partial charge >= 0.3 is 5.97 Å². The molecule has 222 valence electrons. The minimum absolute atomic E-state index is 0.0132. The highest BCUT2D eigenvalue weighted by Gasteiger charge is 2.34. The summed E-state index contributed by atoms with van der Waals surface area (Å²) < 4.78 is 43.9. The van der Waals surface area contributed by atoms with Crippen LogP contribution in [0.1, 0.15) is 53.1 Å². The van der Waals surface area contributed by atoms with E-state index < -0.39 is 21.9 Å². The zero-order chi connectivity index (χ0) is 29.7. The maximum absolute atomic E-state index is 13.0. The average molecular weight is 588 g/mol. The van der Waals surface area contributed by atoms with Crippen molar-refractivity contribution in [3.8, 4) is 11.3 Å². The number of carboxylic acids is 1. The Morgan fingerprint density at radius 3 is 2.44 bits per heavy atom. The topological polar surface area (TPSA) is 148 Å². The molecule has 0 spiro atoms. The number of amides is 1. The molecule has 1 aliphatic carbocycles. The number of furan rings is 1. The second-order valence-corrected chi connectivity index (χ2v) is 12.2. The van der Waals surface area contributed by atoms with Crippen LogP contribution in [0.3, 0.4) is 0 Å². The standard InChI is InChI=1S/C29H37N3O8S/c1-18-5-7-20(8-6-18)25-24(27(33)30-2)23-17-22(19-9-10-19)26(31-28(23)40-25)32(41(4,36)37)13-16-39-15-12-21(29(34)35)11-14-38-3/h5-8,17,19,21H,9-16H2,1-4H3,(H,30,33)(H,34,35). The van der Waals surface area contributed by atoms with Crippen molar-refractivity contribution in [1.82, 2.24) is 10.3 Å². The molecule has 41 heavy (non-hydrogen) atoms. The summed E-state index contributed by atoms with van der Waals surface area (Å²) in [7, 11) is -0.703. The van der Waals surface area contributed by atoms with Crippen LogP contribution in [-0.2, 0) is 24.3 Å². The van der Waals surface area contributed by atoms with Crippen LogP contribution in [0.4, 0.5) is 5.82 Å². The number of aliphatic carboxylic acids is 1. The zero-order valence-corrected chi connectivity index (χ0v) is 24.6. The number of rotatable bonds is 15. The molecule has 4 rings (SSSR count). The van der Waals surface area contributed by atoms with Gasteiger partial charge in [-0.3, -0.25) is 13.9 Å². The predicted octanol–water partition coefficient (Wildman–Crippen LogP) is 3.95. The second-order valence-electron chi connectivity index (χ2n) is 10.3. The molecule has 2 N–H and O–H groups in total. The number of nitrogens with one attached hydrogen (secondary N) is 1. The number of nitrogens with zero attached hydrogens (tertiary/aromatic N) is 2. The van der Waals surface area contributed by atoms with E-state index in [2.05, 4.69) is 10.3 Å². The van der Waals surface area contributed by atoms with E-state index in [1.165, 1.54) is 11.4 Å². The number of carbonyl (C=O) groups excluding carboxylic acids is 1. The molecule has 1 fully saturated rings. The molecule has 1 aliphatic rings. The molecule has 2 aromatic heterocycles. The Bertz CT molecular complexity index is 1500. The van der Waals surface area contributed by atoms with Crippen molar-refractivity contribution >= 4 is 38.8 Å².